The minimum absolute atomic E-state index is 0.0932. The fraction of sp³-hybridized carbons (Fsp3) is 0.500. The van der Waals surface area contributed by atoms with Crippen molar-refractivity contribution >= 4 is 27.5 Å². The Kier molecular flexibility index (Phi) is 6.19. The van der Waals surface area contributed by atoms with Gasteiger partial charge in [0.1, 0.15) is 5.75 Å². The monoisotopic (exact) mass is 346 g/mol. The normalized spacial score (nSPS) is 18.3. The first-order valence-electron chi connectivity index (χ1n) is 7.05. The smallest absolute Gasteiger partial charge is 0.236 e. The summed E-state index contributed by atoms with van der Waals surface area (Å²) < 4.78 is 31.4. The number of rotatable bonds is 7. The predicted octanol–water partition coefficient (Wildman–Crippen LogP) is 1.05. The van der Waals surface area contributed by atoms with Crippen molar-refractivity contribution in [3.05, 3.63) is 34.9 Å². The van der Waals surface area contributed by atoms with Crippen LogP contribution in [0.2, 0.25) is 5.02 Å². The van der Waals surface area contributed by atoms with E-state index in [0.29, 0.717) is 11.6 Å². The van der Waals surface area contributed by atoms with Gasteiger partial charge < -0.3 is 10.1 Å². The molecule has 1 aromatic rings. The highest BCUT2D eigenvalue weighted by molar-refractivity contribution is 7.90. The van der Waals surface area contributed by atoms with Crippen molar-refractivity contribution in [1.29, 1.82) is 0 Å². The van der Waals surface area contributed by atoms with E-state index >= 15 is 0 Å². The zero-order valence-electron chi connectivity index (χ0n) is 12.0. The Morgan fingerprint density at radius 2 is 2.23 bits per heavy atom. The first-order chi connectivity index (χ1) is 10.4. The first kappa shape index (κ1) is 17.2. The molecule has 1 aliphatic rings. The highest BCUT2D eigenvalue weighted by Gasteiger charge is 2.21. The number of ether oxygens (including phenoxy) is 1. The average molecular weight is 347 g/mol. The molecule has 0 aromatic heterocycles. The van der Waals surface area contributed by atoms with Gasteiger partial charge in [0.15, 0.2) is 0 Å². The topological polar surface area (TPSA) is 84.5 Å². The van der Waals surface area contributed by atoms with E-state index in [1.54, 1.807) is 24.3 Å². The molecule has 1 amide bonds. The summed E-state index contributed by atoms with van der Waals surface area (Å²) in [5.41, 5.74) is 0.811. The van der Waals surface area contributed by atoms with Crippen LogP contribution in [-0.4, -0.2) is 39.3 Å². The zero-order chi connectivity index (χ0) is 16.0. The van der Waals surface area contributed by atoms with E-state index < -0.39 is 21.7 Å². The molecule has 22 heavy (non-hydrogen) atoms. The highest BCUT2D eigenvalue weighted by Crippen LogP contribution is 2.11. The molecule has 0 saturated carbocycles. The maximum Gasteiger partial charge on any atom is 0.236 e. The number of hydrogen-bond donors (Lipinski definition) is 2. The predicted molar refractivity (Wildman–Crippen MR) is 84.1 cm³/mol. The quantitative estimate of drug-likeness (QED) is 0.773. The fourth-order valence-electron chi connectivity index (χ4n) is 2.15. The molecule has 0 bridgehead atoms. The molecule has 1 atom stereocenters. The minimum Gasteiger partial charge on any atom is -0.377 e. The lowest BCUT2D eigenvalue weighted by molar-refractivity contribution is -0.118. The lowest BCUT2D eigenvalue weighted by Crippen LogP contribution is -2.39. The number of halogens is 1. The number of sulfonamides is 1. The van der Waals surface area contributed by atoms with E-state index in [1.807, 2.05) is 0 Å². The van der Waals surface area contributed by atoms with E-state index in [1.165, 1.54) is 0 Å². The van der Waals surface area contributed by atoms with Crippen molar-refractivity contribution in [2.45, 2.75) is 25.5 Å². The molecule has 1 aliphatic heterocycles. The Hall–Kier alpha value is -1.15. The van der Waals surface area contributed by atoms with Crippen LogP contribution < -0.4 is 10.0 Å². The summed E-state index contributed by atoms with van der Waals surface area (Å²) in [6.07, 6.45) is 1.68. The largest absolute Gasteiger partial charge is 0.377 e. The molecule has 6 nitrogen and oxygen atoms in total. The second-order valence-corrected chi connectivity index (χ2v) is 7.39. The van der Waals surface area contributed by atoms with Crippen LogP contribution in [0.5, 0.6) is 0 Å². The van der Waals surface area contributed by atoms with Gasteiger partial charge in [0.25, 0.3) is 0 Å². The molecule has 1 saturated heterocycles. The molecule has 2 N–H and O–H groups in total. The number of nitrogens with one attached hydrogen (secondary N) is 2. The van der Waals surface area contributed by atoms with Crippen LogP contribution in [0.25, 0.3) is 0 Å². The van der Waals surface area contributed by atoms with Gasteiger partial charge in [-0.05, 0) is 30.5 Å². The van der Waals surface area contributed by atoms with Gasteiger partial charge in [-0.3, -0.25) is 4.79 Å². The number of amides is 1. The molecule has 1 fully saturated rings. The maximum absolute atomic E-state index is 11.8. The first-order valence-corrected chi connectivity index (χ1v) is 9.08. The third-order valence-electron chi connectivity index (χ3n) is 3.25. The van der Waals surface area contributed by atoms with E-state index in [0.717, 1.165) is 18.4 Å². The molecule has 0 aliphatic carbocycles. The van der Waals surface area contributed by atoms with Gasteiger partial charge in [0.2, 0.25) is 15.9 Å². The van der Waals surface area contributed by atoms with Gasteiger partial charge in [0.05, 0.1) is 6.10 Å². The third-order valence-corrected chi connectivity index (χ3v) is 4.74. The van der Waals surface area contributed by atoms with Crippen molar-refractivity contribution in [2.24, 2.45) is 0 Å². The number of benzene rings is 1. The second-order valence-electron chi connectivity index (χ2n) is 5.15. The lowest BCUT2D eigenvalue weighted by atomic mass is 10.2. The summed E-state index contributed by atoms with van der Waals surface area (Å²) in [7, 11) is -3.65. The highest BCUT2D eigenvalue weighted by atomic mass is 35.5. The molecule has 1 heterocycles. The van der Waals surface area contributed by atoms with Gasteiger partial charge in [-0.2, -0.15) is 0 Å². The molecule has 0 unspecified atom stereocenters. The lowest BCUT2D eigenvalue weighted by Gasteiger charge is -2.11. The van der Waals surface area contributed by atoms with Gasteiger partial charge in [-0.25, -0.2) is 13.1 Å². The standard InChI is InChI=1S/C14H19ClN2O4S/c15-12-4-1-3-11(7-12)8-16-14(18)10-22(19,20)17-9-13-5-2-6-21-13/h1,3-4,7,13,17H,2,5-6,8-10H2,(H,16,18)/t13-/m0/s1. The van der Waals surface area contributed by atoms with Crippen molar-refractivity contribution in [3.63, 3.8) is 0 Å². The summed E-state index contributed by atoms with van der Waals surface area (Å²) in [6.45, 7) is 1.11. The van der Waals surface area contributed by atoms with E-state index in [4.69, 9.17) is 16.3 Å². The number of hydrogen-bond acceptors (Lipinski definition) is 4. The van der Waals surface area contributed by atoms with Crippen LogP contribution in [0.3, 0.4) is 0 Å². The van der Waals surface area contributed by atoms with Crippen molar-refractivity contribution in [3.8, 4) is 0 Å². The Bertz CT molecular complexity index is 615. The summed E-state index contributed by atoms with van der Waals surface area (Å²) in [6, 6.07) is 7.01. The molecule has 2 rings (SSSR count). The van der Waals surface area contributed by atoms with Crippen molar-refractivity contribution < 1.29 is 17.9 Å². The SMILES string of the molecule is O=C(CS(=O)(=O)NC[C@@H]1CCCO1)NCc1cccc(Cl)c1. The summed E-state index contributed by atoms with van der Waals surface area (Å²) >= 11 is 5.84. The molecule has 122 valence electrons. The van der Waals surface area contributed by atoms with Crippen LogP contribution in [0, 0.1) is 0 Å². The van der Waals surface area contributed by atoms with Crippen LogP contribution in [0.4, 0.5) is 0 Å². The van der Waals surface area contributed by atoms with Crippen LogP contribution in [-0.2, 0) is 26.1 Å². The summed E-state index contributed by atoms with van der Waals surface area (Å²) in [5.74, 6) is -1.15. The molecule has 0 radical (unpaired) electrons. The number of carbonyl (C=O) groups is 1. The maximum atomic E-state index is 11.8. The van der Waals surface area contributed by atoms with Crippen LogP contribution >= 0.6 is 11.6 Å². The number of carbonyl (C=O) groups excluding carboxylic acids is 1. The van der Waals surface area contributed by atoms with Crippen molar-refractivity contribution in [1.82, 2.24) is 10.0 Å². The van der Waals surface area contributed by atoms with Gasteiger partial charge in [0, 0.05) is 24.7 Å². The minimum atomic E-state index is -3.65. The second kappa shape index (κ2) is 7.92. The zero-order valence-corrected chi connectivity index (χ0v) is 13.6. The fourth-order valence-corrected chi connectivity index (χ4v) is 3.35. The Balaban J connectivity index is 1.75. The van der Waals surface area contributed by atoms with Crippen LogP contribution in [0.15, 0.2) is 24.3 Å². The Morgan fingerprint density at radius 3 is 2.91 bits per heavy atom. The van der Waals surface area contributed by atoms with Gasteiger partial charge in [-0.15, -0.1) is 0 Å². The molecule has 1 aromatic carbocycles. The average Bonchev–Trinajstić information content (AvgIpc) is 2.96. The summed E-state index contributed by atoms with van der Waals surface area (Å²) in [4.78, 5) is 11.7. The van der Waals surface area contributed by atoms with E-state index in [2.05, 4.69) is 10.0 Å². The molecular weight excluding hydrogens is 328 g/mol. The van der Waals surface area contributed by atoms with Crippen molar-refractivity contribution in [2.75, 3.05) is 18.9 Å². The third kappa shape index (κ3) is 5.92. The van der Waals surface area contributed by atoms with Crippen LogP contribution in [0.1, 0.15) is 18.4 Å². The van der Waals surface area contributed by atoms with E-state index in [-0.39, 0.29) is 19.2 Å². The van der Waals surface area contributed by atoms with Gasteiger partial charge >= 0.3 is 0 Å². The molecule has 0 spiro atoms. The van der Waals surface area contributed by atoms with E-state index in [9.17, 15) is 13.2 Å². The molecular formula is C14H19ClN2O4S. The Morgan fingerprint density at radius 1 is 1.41 bits per heavy atom. The van der Waals surface area contributed by atoms with Gasteiger partial charge in [-0.1, -0.05) is 23.7 Å². The Labute approximate surface area is 135 Å². The molecule has 8 heteroatoms. The summed E-state index contributed by atoms with van der Waals surface area (Å²) in [5, 5.41) is 3.13.